The molecule has 0 fully saturated rings. The number of rotatable bonds is 9. The number of aryl methyl sites for hydroxylation is 1. The molecule has 33 heavy (non-hydrogen) atoms. The van der Waals surface area contributed by atoms with E-state index in [0.29, 0.717) is 45.0 Å². The van der Waals surface area contributed by atoms with Gasteiger partial charge in [0.2, 0.25) is 11.7 Å². The summed E-state index contributed by atoms with van der Waals surface area (Å²) in [5.41, 5.74) is 1.52. The van der Waals surface area contributed by atoms with Gasteiger partial charge in [0.05, 0.1) is 32.0 Å². The highest BCUT2D eigenvalue weighted by atomic mass is 32.2. The monoisotopic (exact) mass is 473 g/mol. The van der Waals surface area contributed by atoms with Crippen molar-refractivity contribution in [1.29, 1.82) is 0 Å². The fourth-order valence-corrected chi connectivity index (χ4v) is 3.82. The predicted molar refractivity (Wildman–Crippen MR) is 123 cm³/mol. The Balaban J connectivity index is 1.74. The maximum atomic E-state index is 12.4. The first-order valence-electron chi connectivity index (χ1n) is 9.66. The molecule has 1 heterocycles. The average Bonchev–Trinajstić information content (AvgIpc) is 3.17. The summed E-state index contributed by atoms with van der Waals surface area (Å²) in [5, 5.41) is 22.7. The Morgan fingerprint density at radius 1 is 1.12 bits per heavy atom. The molecule has 1 aromatic heterocycles. The van der Waals surface area contributed by atoms with Crippen LogP contribution < -0.4 is 19.5 Å². The fourth-order valence-electron chi connectivity index (χ4n) is 3.11. The maximum Gasteiger partial charge on any atom is 0.274 e. The average molecular weight is 474 g/mol. The van der Waals surface area contributed by atoms with Gasteiger partial charge >= 0.3 is 0 Å². The number of benzene rings is 2. The largest absolute Gasteiger partial charge is 0.493 e. The van der Waals surface area contributed by atoms with Crippen molar-refractivity contribution in [2.24, 2.45) is 7.05 Å². The van der Waals surface area contributed by atoms with Gasteiger partial charge in [-0.1, -0.05) is 17.8 Å². The van der Waals surface area contributed by atoms with E-state index in [4.69, 9.17) is 14.2 Å². The number of nitro groups is 1. The quantitative estimate of drug-likeness (QED) is 0.282. The summed E-state index contributed by atoms with van der Waals surface area (Å²) in [6.45, 7) is 1.64. The normalized spacial score (nSPS) is 10.6. The zero-order chi connectivity index (χ0) is 24.1. The number of ether oxygens (including phenoxy) is 3. The van der Waals surface area contributed by atoms with E-state index >= 15 is 0 Å². The summed E-state index contributed by atoms with van der Waals surface area (Å²) < 4.78 is 17.9. The molecular weight excluding hydrogens is 450 g/mol. The summed E-state index contributed by atoms with van der Waals surface area (Å²) in [7, 11) is 6.36. The highest BCUT2D eigenvalue weighted by molar-refractivity contribution is 7.99. The van der Waals surface area contributed by atoms with Crippen LogP contribution in [0, 0.1) is 17.0 Å². The Morgan fingerprint density at radius 3 is 2.36 bits per heavy atom. The third-order valence-electron chi connectivity index (χ3n) is 4.78. The fraction of sp³-hybridized carbons (Fsp3) is 0.286. The van der Waals surface area contributed by atoms with Crippen molar-refractivity contribution >= 4 is 29.0 Å². The second-order valence-electron chi connectivity index (χ2n) is 6.87. The van der Waals surface area contributed by atoms with E-state index in [0.717, 1.165) is 0 Å². The van der Waals surface area contributed by atoms with E-state index < -0.39 is 4.92 Å². The van der Waals surface area contributed by atoms with Crippen LogP contribution in [0.2, 0.25) is 0 Å². The molecule has 11 nitrogen and oxygen atoms in total. The van der Waals surface area contributed by atoms with Gasteiger partial charge in [-0.25, -0.2) is 0 Å². The molecule has 0 atom stereocenters. The van der Waals surface area contributed by atoms with Gasteiger partial charge < -0.3 is 24.1 Å². The molecule has 1 amide bonds. The van der Waals surface area contributed by atoms with Crippen molar-refractivity contribution in [3.63, 3.8) is 0 Å². The summed E-state index contributed by atoms with van der Waals surface area (Å²) in [5.74, 6) is 1.70. The second kappa shape index (κ2) is 10.2. The van der Waals surface area contributed by atoms with Gasteiger partial charge in [-0.2, -0.15) is 0 Å². The van der Waals surface area contributed by atoms with Crippen LogP contribution in [-0.4, -0.2) is 52.7 Å². The van der Waals surface area contributed by atoms with E-state index in [1.165, 1.54) is 39.2 Å². The molecule has 1 N–H and O–H groups in total. The Bertz CT molecular complexity index is 1170. The molecule has 3 aromatic rings. The number of hydrogen-bond acceptors (Lipinski definition) is 9. The zero-order valence-electron chi connectivity index (χ0n) is 18.7. The lowest BCUT2D eigenvalue weighted by atomic mass is 10.1. The molecule has 3 rings (SSSR count). The number of nitrogens with zero attached hydrogens (tertiary/aromatic N) is 4. The number of thioether (sulfide) groups is 1. The van der Waals surface area contributed by atoms with Crippen LogP contribution in [0.3, 0.4) is 0 Å². The molecule has 0 saturated heterocycles. The molecular formula is C21H23N5O6S. The lowest BCUT2D eigenvalue weighted by molar-refractivity contribution is -0.385. The molecule has 0 saturated carbocycles. The Morgan fingerprint density at radius 2 is 1.79 bits per heavy atom. The highest BCUT2D eigenvalue weighted by Gasteiger charge is 2.19. The minimum absolute atomic E-state index is 0.0445. The number of anilines is 1. The molecule has 0 unspecified atom stereocenters. The first kappa shape index (κ1) is 23.9. The molecule has 2 aromatic carbocycles. The van der Waals surface area contributed by atoms with Crippen LogP contribution in [0.15, 0.2) is 35.5 Å². The molecule has 0 bridgehead atoms. The number of carbonyl (C=O) groups is 1. The van der Waals surface area contributed by atoms with Gasteiger partial charge in [-0.05, 0) is 25.1 Å². The van der Waals surface area contributed by atoms with Crippen LogP contribution in [0.4, 0.5) is 11.4 Å². The van der Waals surface area contributed by atoms with Crippen molar-refractivity contribution in [2.45, 2.75) is 12.1 Å². The Labute approximate surface area is 194 Å². The first-order chi connectivity index (χ1) is 15.8. The summed E-state index contributed by atoms with van der Waals surface area (Å²) in [6, 6.07) is 8.07. The van der Waals surface area contributed by atoms with Gasteiger partial charge in [0.15, 0.2) is 22.5 Å². The van der Waals surface area contributed by atoms with E-state index in [9.17, 15) is 14.9 Å². The number of amides is 1. The van der Waals surface area contributed by atoms with Crippen LogP contribution in [0.1, 0.15) is 5.56 Å². The summed E-state index contributed by atoms with van der Waals surface area (Å²) in [4.78, 5) is 23.0. The third-order valence-corrected chi connectivity index (χ3v) is 5.80. The molecule has 0 aliphatic heterocycles. The highest BCUT2D eigenvalue weighted by Crippen LogP contribution is 2.41. The summed E-state index contributed by atoms with van der Waals surface area (Å²) >= 11 is 1.19. The molecule has 0 radical (unpaired) electrons. The van der Waals surface area contributed by atoms with E-state index in [1.54, 1.807) is 42.8 Å². The van der Waals surface area contributed by atoms with Crippen LogP contribution in [0.5, 0.6) is 17.2 Å². The number of aromatic nitrogens is 3. The first-order valence-corrected chi connectivity index (χ1v) is 10.6. The van der Waals surface area contributed by atoms with Gasteiger partial charge in [0.1, 0.15) is 0 Å². The lowest BCUT2D eigenvalue weighted by Gasteiger charge is -2.14. The zero-order valence-corrected chi connectivity index (χ0v) is 19.6. The maximum absolute atomic E-state index is 12.4. The molecule has 12 heteroatoms. The lowest BCUT2D eigenvalue weighted by Crippen LogP contribution is -2.14. The van der Waals surface area contributed by atoms with Crippen LogP contribution >= 0.6 is 11.8 Å². The third kappa shape index (κ3) is 5.17. The topological polar surface area (TPSA) is 131 Å². The van der Waals surface area contributed by atoms with Crippen molar-refractivity contribution in [1.82, 2.24) is 14.8 Å². The number of methoxy groups -OCH3 is 3. The minimum Gasteiger partial charge on any atom is -0.493 e. The number of nitro benzene ring substituents is 1. The predicted octanol–water partition coefficient (Wildman–Crippen LogP) is 3.46. The molecule has 174 valence electrons. The molecule has 0 aliphatic carbocycles. The van der Waals surface area contributed by atoms with Crippen molar-refractivity contribution < 1.29 is 23.9 Å². The minimum atomic E-state index is -0.482. The standard InChI is InChI=1S/C21H23N5O6S/c1-12-6-7-14(10-15(12)26(28)29)22-18(27)11-33-21-24-23-20(25(21)2)13-8-16(30-3)19(32-5)17(9-13)31-4/h6-10H,11H2,1-5H3,(H,22,27). The summed E-state index contributed by atoms with van der Waals surface area (Å²) in [6.07, 6.45) is 0. The van der Waals surface area contributed by atoms with Crippen LogP contribution in [-0.2, 0) is 11.8 Å². The number of nitrogens with one attached hydrogen (secondary N) is 1. The SMILES string of the molecule is COc1cc(-c2nnc(SCC(=O)Nc3ccc(C)c([N+](=O)[O-])c3)n2C)cc(OC)c1OC. The molecule has 0 spiro atoms. The van der Waals surface area contributed by atoms with E-state index in [1.807, 2.05) is 0 Å². The second-order valence-corrected chi connectivity index (χ2v) is 7.82. The van der Waals surface area contributed by atoms with Gasteiger partial charge in [-0.3, -0.25) is 14.9 Å². The smallest absolute Gasteiger partial charge is 0.274 e. The Hall–Kier alpha value is -3.80. The van der Waals surface area contributed by atoms with Crippen LogP contribution in [0.25, 0.3) is 11.4 Å². The van der Waals surface area contributed by atoms with E-state index in [-0.39, 0.29) is 17.3 Å². The van der Waals surface area contributed by atoms with Gasteiger partial charge in [-0.15, -0.1) is 10.2 Å². The van der Waals surface area contributed by atoms with Crippen molar-refractivity contribution in [2.75, 3.05) is 32.4 Å². The van der Waals surface area contributed by atoms with E-state index in [2.05, 4.69) is 15.5 Å². The van der Waals surface area contributed by atoms with Gasteiger partial charge in [0, 0.05) is 29.9 Å². The van der Waals surface area contributed by atoms with Crippen molar-refractivity contribution in [3.8, 4) is 28.6 Å². The van der Waals surface area contributed by atoms with Gasteiger partial charge in [0.25, 0.3) is 5.69 Å². The number of hydrogen-bond donors (Lipinski definition) is 1. The van der Waals surface area contributed by atoms with Crippen molar-refractivity contribution in [3.05, 3.63) is 46.0 Å². The number of carbonyl (C=O) groups excluding carboxylic acids is 1. The molecule has 0 aliphatic rings. The Kier molecular flexibility index (Phi) is 7.38.